The zero-order valence-corrected chi connectivity index (χ0v) is 14.7. The van der Waals surface area contributed by atoms with Gasteiger partial charge in [-0.2, -0.15) is 0 Å². The van der Waals surface area contributed by atoms with Gasteiger partial charge in [-0.3, -0.25) is 4.79 Å². The third-order valence-electron chi connectivity index (χ3n) is 3.76. The average Bonchev–Trinajstić information content (AvgIpc) is 2.76. The molecule has 0 aliphatic carbocycles. The molecule has 0 radical (unpaired) electrons. The van der Waals surface area contributed by atoms with E-state index in [9.17, 15) is 4.79 Å². The number of nitrogens with one attached hydrogen (secondary N) is 1. The second-order valence-corrected chi connectivity index (χ2v) is 7.47. The molecule has 1 aromatic rings. The number of likely N-dealkylation sites (tertiary alicyclic amines) is 1. The molecule has 1 aliphatic heterocycles. The molecule has 1 aliphatic rings. The van der Waals surface area contributed by atoms with E-state index in [0.29, 0.717) is 16.6 Å². The van der Waals surface area contributed by atoms with Gasteiger partial charge in [0, 0.05) is 20.1 Å². The predicted molar refractivity (Wildman–Crippen MR) is 92.7 cm³/mol. The van der Waals surface area contributed by atoms with Crippen LogP contribution in [0.25, 0.3) is 0 Å². The Morgan fingerprint density at radius 1 is 1.43 bits per heavy atom. The molecular weight excluding hydrogens is 304 g/mol. The Hall–Kier alpha value is -0.920. The van der Waals surface area contributed by atoms with Gasteiger partial charge in [0.2, 0.25) is 0 Å². The van der Waals surface area contributed by atoms with Crippen molar-refractivity contribution in [3.8, 4) is 0 Å². The fourth-order valence-electron chi connectivity index (χ4n) is 2.43. The number of piperidine rings is 1. The lowest BCUT2D eigenvalue weighted by atomic mass is 10.1. The highest BCUT2D eigenvalue weighted by atomic mass is 32.2. The number of carbonyl (C=O) groups is 1. The molecule has 1 amide bonds. The van der Waals surface area contributed by atoms with Crippen molar-refractivity contribution in [1.29, 1.82) is 0 Å². The van der Waals surface area contributed by atoms with Gasteiger partial charge in [0.1, 0.15) is 9.88 Å². The fourth-order valence-corrected chi connectivity index (χ4v) is 4.55. The van der Waals surface area contributed by atoms with Crippen LogP contribution in [-0.2, 0) is 0 Å². The van der Waals surface area contributed by atoms with E-state index < -0.39 is 0 Å². The van der Waals surface area contributed by atoms with Crippen molar-refractivity contribution < 1.29 is 4.79 Å². The molecule has 3 N–H and O–H groups in total. The lowest BCUT2D eigenvalue weighted by Gasteiger charge is -2.29. The van der Waals surface area contributed by atoms with Gasteiger partial charge in [-0.05, 0) is 39.2 Å². The molecule has 21 heavy (non-hydrogen) atoms. The molecule has 0 aromatic carbocycles. The van der Waals surface area contributed by atoms with Gasteiger partial charge in [-0.25, -0.2) is 0 Å². The molecule has 1 saturated heterocycles. The molecule has 1 fully saturated rings. The maximum atomic E-state index is 12.2. The summed E-state index contributed by atoms with van der Waals surface area (Å²) in [6, 6.07) is 0.465. The van der Waals surface area contributed by atoms with Crippen LogP contribution >= 0.6 is 23.1 Å². The third-order valence-corrected chi connectivity index (χ3v) is 5.84. The van der Waals surface area contributed by atoms with Gasteiger partial charge in [-0.1, -0.05) is 0 Å². The minimum Gasteiger partial charge on any atom is -0.396 e. The summed E-state index contributed by atoms with van der Waals surface area (Å²) in [6.45, 7) is 2.22. The number of rotatable bonds is 4. The number of anilines is 2. The van der Waals surface area contributed by atoms with Crippen molar-refractivity contribution in [2.45, 2.75) is 23.8 Å². The van der Waals surface area contributed by atoms with Crippen molar-refractivity contribution >= 4 is 39.7 Å². The largest absolute Gasteiger partial charge is 0.396 e. The van der Waals surface area contributed by atoms with Crippen LogP contribution in [0.4, 0.5) is 10.7 Å². The topological polar surface area (TPSA) is 61.6 Å². The Morgan fingerprint density at radius 3 is 2.57 bits per heavy atom. The number of hydrogen-bond acceptors (Lipinski definition) is 6. The number of thioether (sulfide) groups is 1. The SMILES string of the molecule is CSc1c(NC2CCN(C)CC2)sc(C(=O)N(C)C)c1N. The Balaban J connectivity index is 2.19. The number of nitrogens with zero attached hydrogens (tertiary/aromatic N) is 2. The molecule has 0 saturated carbocycles. The predicted octanol–water partition coefficient (Wildman–Crippen LogP) is 2.26. The molecule has 0 atom stereocenters. The van der Waals surface area contributed by atoms with Gasteiger partial charge in [-0.15, -0.1) is 23.1 Å². The normalized spacial score (nSPS) is 17.0. The van der Waals surface area contributed by atoms with Crippen molar-refractivity contribution in [3.05, 3.63) is 4.88 Å². The number of hydrogen-bond donors (Lipinski definition) is 2. The minimum atomic E-state index is -0.0239. The molecule has 0 bridgehead atoms. The summed E-state index contributed by atoms with van der Waals surface area (Å²) in [5.41, 5.74) is 6.79. The van der Waals surface area contributed by atoms with E-state index in [4.69, 9.17) is 5.73 Å². The molecule has 1 aromatic heterocycles. The van der Waals surface area contributed by atoms with Crippen molar-refractivity contribution in [2.75, 3.05) is 51.5 Å². The van der Waals surface area contributed by atoms with Crippen LogP contribution in [0.5, 0.6) is 0 Å². The Bertz CT molecular complexity index is 507. The van der Waals surface area contributed by atoms with Crippen molar-refractivity contribution in [2.24, 2.45) is 0 Å². The van der Waals surface area contributed by atoms with E-state index in [1.807, 2.05) is 6.26 Å². The molecule has 0 unspecified atom stereocenters. The first kappa shape index (κ1) is 16.5. The smallest absolute Gasteiger partial charge is 0.265 e. The molecule has 2 rings (SSSR count). The first-order valence-corrected chi connectivity index (χ1v) is 9.11. The van der Waals surface area contributed by atoms with E-state index in [1.165, 1.54) is 11.3 Å². The highest BCUT2D eigenvalue weighted by molar-refractivity contribution is 7.99. The Morgan fingerprint density at radius 2 is 2.05 bits per heavy atom. The second kappa shape index (κ2) is 6.89. The van der Waals surface area contributed by atoms with Gasteiger partial charge in [0.15, 0.2) is 0 Å². The summed E-state index contributed by atoms with van der Waals surface area (Å²) >= 11 is 3.08. The van der Waals surface area contributed by atoms with Crippen LogP contribution in [0.3, 0.4) is 0 Å². The second-order valence-electron chi connectivity index (χ2n) is 5.63. The number of carbonyl (C=O) groups excluding carboxylic acids is 1. The van der Waals surface area contributed by atoms with Crippen molar-refractivity contribution in [1.82, 2.24) is 9.80 Å². The van der Waals surface area contributed by atoms with Crippen LogP contribution in [-0.4, -0.2) is 62.2 Å². The lowest BCUT2D eigenvalue weighted by Crippen LogP contribution is -2.36. The van der Waals surface area contributed by atoms with Gasteiger partial charge in [0.25, 0.3) is 5.91 Å². The first-order chi connectivity index (χ1) is 9.93. The maximum absolute atomic E-state index is 12.2. The third kappa shape index (κ3) is 3.64. The van der Waals surface area contributed by atoms with Gasteiger partial charge >= 0.3 is 0 Å². The number of thiophene rings is 1. The summed E-state index contributed by atoms with van der Waals surface area (Å²) < 4.78 is 0. The van der Waals surface area contributed by atoms with E-state index in [0.717, 1.165) is 35.8 Å². The van der Waals surface area contributed by atoms with Gasteiger partial charge in [0.05, 0.1) is 10.6 Å². The summed E-state index contributed by atoms with van der Waals surface area (Å²) in [6.07, 6.45) is 4.25. The van der Waals surface area contributed by atoms with Crippen molar-refractivity contribution in [3.63, 3.8) is 0 Å². The van der Waals surface area contributed by atoms with E-state index in [2.05, 4.69) is 17.3 Å². The van der Waals surface area contributed by atoms with Crippen LogP contribution in [0, 0.1) is 0 Å². The van der Waals surface area contributed by atoms with E-state index >= 15 is 0 Å². The number of nitrogen functional groups attached to an aromatic ring is 1. The first-order valence-electron chi connectivity index (χ1n) is 7.07. The summed E-state index contributed by atoms with van der Waals surface area (Å²) in [5, 5.41) is 4.64. The van der Waals surface area contributed by atoms with Crippen LogP contribution < -0.4 is 11.1 Å². The highest BCUT2D eigenvalue weighted by Crippen LogP contribution is 2.42. The zero-order valence-electron chi connectivity index (χ0n) is 13.1. The lowest BCUT2D eigenvalue weighted by molar-refractivity contribution is 0.0833. The maximum Gasteiger partial charge on any atom is 0.265 e. The molecule has 5 nitrogen and oxygen atoms in total. The quantitative estimate of drug-likeness (QED) is 0.830. The van der Waals surface area contributed by atoms with E-state index in [1.54, 1.807) is 30.8 Å². The van der Waals surface area contributed by atoms with E-state index in [-0.39, 0.29) is 5.91 Å². The Kier molecular flexibility index (Phi) is 5.40. The average molecular weight is 329 g/mol. The summed E-state index contributed by atoms with van der Waals surface area (Å²) in [7, 11) is 5.66. The molecular formula is C14H24N4OS2. The number of nitrogens with two attached hydrogens (primary N) is 1. The standard InChI is InChI=1S/C14H24N4OS2/c1-17(2)14(19)12-10(15)11(20-4)13(21-12)16-9-5-7-18(3)8-6-9/h9,16H,5-8,15H2,1-4H3. The Labute approximate surface area is 134 Å². The molecule has 0 spiro atoms. The van der Waals surface area contributed by atoms with Crippen LogP contribution in [0.15, 0.2) is 4.90 Å². The van der Waals surface area contributed by atoms with Crippen LogP contribution in [0.2, 0.25) is 0 Å². The fraction of sp³-hybridized carbons (Fsp3) is 0.643. The zero-order chi connectivity index (χ0) is 15.6. The molecule has 118 valence electrons. The molecule has 2 heterocycles. The monoisotopic (exact) mass is 328 g/mol. The molecule has 7 heteroatoms. The van der Waals surface area contributed by atoms with Gasteiger partial charge < -0.3 is 20.9 Å². The minimum absolute atomic E-state index is 0.0239. The number of amides is 1. The van der Waals surface area contributed by atoms with Crippen LogP contribution in [0.1, 0.15) is 22.5 Å². The highest BCUT2D eigenvalue weighted by Gasteiger charge is 2.24. The summed E-state index contributed by atoms with van der Waals surface area (Å²) in [5.74, 6) is -0.0239. The summed E-state index contributed by atoms with van der Waals surface area (Å²) in [4.78, 5) is 17.8.